The first-order valence-electron chi connectivity index (χ1n) is 6.83. The largest absolute Gasteiger partial charge is 0.320 e. The summed E-state index contributed by atoms with van der Waals surface area (Å²) in [7, 11) is -1.19. The Labute approximate surface area is 116 Å². The third-order valence-corrected chi connectivity index (χ3v) is 5.97. The van der Waals surface area contributed by atoms with Crippen molar-refractivity contribution in [3.63, 3.8) is 0 Å². The minimum Gasteiger partial charge on any atom is -0.320 e. The molecule has 0 aromatic heterocycles. The van der Waals surface area contributed by atoms with Gasteiger partial charge in [-0.05, 0) is 51.4 Å². The van der Waals surface area contributed by atoms with Crippen molar-refractivity contribution in [2.75, 3.05) is 25.1 Å². The number of sulfonamides is 1. The van der Waals surface area contributed by atoms with E-state index in [1.54, 1.807) is 0 Å². The Morgan fingerprint density at radius 3 is 2.72 bits per heavy atom. The Bertz CT molecular complexity index is 320. The van der Waals surface area contributed by atoms with E-state index in [0.29, 0.717) is 5.25 Å². The molecule has 2 N–H and O–H groups in total. The van der Waals surface area contributed by atoms with E-state index in [0.717, 1.165) is 44.4 Å². The van der Waals surface area contributed by atoms with E-state index in [-0.39, 0.29) is 11.8 Å². The van der Waals surface area contributed by atoms with Crippen molar-refractivity contribution in [3.8, 4) is 0 Å². The molecule has 1 rings (SSSR count). The number of hydrogen-bond donors (Lipinski definition) is 2. The number of thioether (sulfide) groups is 1. The molecule has 4 nitrogen and oxygen atoms in total. The molecule has 2 unspecified atom stereocenters. The smallest absolute Gasteiger partial charge is 0.211 e. The SMILES string of the molecule is CCSC1CCC(NS(=O)(=O)CCCCNC)C1. The Morgan fingerprint density at radius 1 is 1.28 bits per heavy atom. The molecule has 6 heteroatoms. The maximum absolute atomic E-state index is 11.9. The summed E-state index contributed by atoms with van der Waals surface area (Å²) in [5.74, 6) is 1.38. The Morgan fingerprint density at radius 2 is 2.06 bits per heavy atom. The lowest BCUT2D eigenvalue weighted by atomic mass is 10.3. The van der Waals surface area contributed by atoms with E-state index >= 15 is 0 Å². The van der Waals surface area contributed by atoms with Crippen molar-refractivity contribution in [1.29, 1.82) is 0 Å². The molecule has 1 saturated carbocycles. The van der Waals surface area contributed by atoms with Gasteiger partial charge >= 0.3 is 0 Å². The predicted molar refractivity (Wildman–Crippen MR) is 79.6 cm³/mol. The van der Waals surface area contributed by atoms with Gasteiger partial charge < -0.3 is 5.32 Å². The average Bonchev–Trinajstić information content (AvgIpc) is 2.72. The number of hydrogen-bond acceptors (Lipinski definition) is 4. The molecule has 18 heavy (non-hydrogen) atoms. The molecule has 2 atom stereocenters. The normalized spacial score (nSPS) is 24.6. The van der Waals surface area contributed by atoms with Crippen LogP contribution < -0.4 is 10.0 Å². The summed E-state index contributed by atoms with van der Waals surface area (Å²) >= 11 is 1.95. The van der Waals surface area contributed by atoms with Crippen molar-refractivity contribution in [3.05, 3.63) is 0 Å². The average molecular weight is 294 g/mol. The quantitative estimate of drug-likeness (QED) is 0.634. The van der Waals surface area contributed by atoms with E-state index in [1.165, 1.54) is 0 Å². The fourth-order valence-corrected chi connectivity index (χ4v) is 4.91. The highest BCUT2D eigenvalue weighted by molar-refractivity contribution is 7.99. The summed E-state index contributed by atoms with van der Waals surface area (Å²) in [6.45, 7) is 3.04. The van der Waals surface area contributed by atoms with Crippen LogP contribution in [0.25, 0.3) is 0 Å². The molecule has 0 aromatic carbocycles. The van der Waals surface area contributed by atoms with E-state index in [4.69, 9.17) is 0 Å². The van der Waals surface area contributed by atoms with Crippen molar-refractivity contribution in [2.24, 2.45) is 0 Å². The number of nitrogens with one attached hydrogen (secondary N) is 2. The molecule has 0 aliphatic heterocycles. The van der Waals surface area contributed by atoms with Gasteiger partial charge in [0.2, 0.25) is 10.0 Å². The van der Waals surface area contributed by atoms with E-state index in [9.17, 15) is 8.42 Å². The zero-order chi connectivity index (χ0) is 13.4. The van der Waals surface area contributed by atoms with Gasteiger partial charge in [-0.2, -0.15) is 11.8 Å². The molecule has 0 bridgehead atoms. The Kier molecular flexibility index (Phi) is 7.60. The maximum atomic E-state index is 11.9. The van der Waals surface area contributed by atoms with Gasteiger partial charge in [0.1, 0.15) is 0 Å². The zero-order valence-electron chi connectivity index (χ0n) is 11.4. The topological polar surface area (TPSA) is 58.2 Å². The van der Waals surface area contributed by atoms with Gasteiger partial charge in [0.25, 0.3) is 0 Å². The van der Waals surface area contributed by atoms with Gasteiger partial charge in [-0.15, -0.1) is 0 Å². The standard InChI is InChI=1S/C12H26N2O2S2/c1-3-17-12-7-6-11(10-12)14-18(15,16)9-5-4-8-13-2/h11-14H,3-10H2,1-2H3. The Balaban J connectivity index is 2.24. The van der Waals surface area contributed by atoms with Crippen molar-refractivity contribution < 1.29 is 8.42 Å². The van der Waals surface area contributed by atoms with Crippen LogP contribution in [0, 0.1) is 0 Å². The summed E-state index contributed by atoms with van der Waals surface area (Å²) in [5.41, 5.74) is 0. The summed E-state index contributed by atoms with van der Waals surface area (Å²) in [4.78, 5) is 0. The summed E-state index contributed by atoms with van der Waals surface area (Å²) in [6.07, 6.45) is 4.78. The van der Waals surface area contributed by atoms with Gasteiger partial charge in [-0.3, -0.25) is 0 Å². The Hall–Kier alpha value is 0.220. The van der Waals surface area contributed by atoms with Crippen LogP contribution in [0.5, 0.6) is 0 Å². The molecule has 0 amide bonds. The molecule has 0 aromatic rings. The van der Waals surface area contributed by atoms with E-state index in [2.05, 4.69) is 17.0 Å². The van der Waals surface area contributed by atoms with Gasteiger partial charge in [0, 0.05) is 11.3 Å². The van der Waals surface area contributed by atoms with Gasteiger partial charge in [0.05, 0.1) is 5.75 Å². The molecule has 1 aliphatic rings. The fraction of sp³-hybridized carbons (Fsp3) is 1.00. The second kappa shape index (κ2) is 8.40. The van der Waals surface area contributed by atoms with Crippen LogP contribution >= 0.6 is 11.8 Å². The van der Waals surface area contributed by atoms with Crippen LogP contribution in [-0.4, -0.2) is 44.8 Å². The molecule has 108 valence electrons. The lowest BCUT2D eigenvalue weighted by molar-refractivity contribution is 0.548. The first-order chi connectivity index (χ1) is 8.57. The lowest BCUT2D eigenvalue weighted by Crippen LogP contribution is -2.35. The van der Waals surface area contributed by atoms with Crippen LogP contribution in [0.15, 0.2) is 0 Å². The van der Waals surface area contributed by atoms with Crippen LogP contribution in [0.2, 0.25) is 0 Å². The van der Waals surface area contributed by atoms with Crippen LogP contribution in [0.1, 0.15) is 39.0 Å². The molecule has 1 fully saturated rings. The minimum atomic E-state index is -3.07. The highest BCUT2D eigenvalue weighted by atomic mass is 32.2. The summed E-state index contributed by atoms with van der Waals surface area (Å²) in [6, 6.07) is 0.170. The minimum absolute atomic E-state index is 0.170. The fourth-order valence-electron chi connectivity index (χ4n) is 2.34. The second-order valence-corrected chi connectivity index (χ2v) is 8.29. The highest BCUT2D eigenvalue weighted by Crippen LogP contribution is 2.29. The molecule has 0 radical (unpaired) electrons. The molecular weight excluding hydrogens is 268 g/mol. The van der Waals surface area contributed by atoms with Crippen LogP contribution in [0.3, 0.4) is 0 Å². The van der Waals surface area contributed by atoms with Gasteiger partial charge in [-0.1, -0.05) is 6.92 Å². The highest BCUT2D eigenvalue weighted by Gasteiger charge is 2.27. The first kappa shape index (κ1) is 16.3. The zero-order valence-corrected chi connectivity index (χ0v) is 13.1. The summed E-state index contributed by atoms with van der Waals surface area (Å²) in [5, 5.41) is 3.67. The van der Waals surface area contributed by atoms with Crippen molar-refractivity contribution >= 4 is 21.8 Å². The third kappa shape index (κ3) is 6.41. The molecule has 1 aliphatic carbocycles. The second-order valence-electron chi connectivity index (χ2n) is 4.83. The van der Waals surface area contributed by atoms with Crippen LogP contribution in [0.4, 0.5) is 0 Å². The van der Waals surface area contributed by atoms with E-state index < -0.39 is 10.0 Å². The van der Waals surface area contributed by atoms with Crippen molar-refractivity contribution in [1.82, 2.24) is 10.0 Å². The number of rotatable bonds is 9. The first-order valence-corrected chi connectivity index (χ1v) is 9.53. The van der Waals surface area contributed by atoms with Gasteiger partial charge in [-0.25, -0.2) is 13.1 Å². The molecule has 0 saturated heterocycles. The lowest BCUT2D eigenvalue weighted by Gasteiger charge is -2.13. The number of unbranched alkanes of at least 4 members (excludes halogenated alkanes) is 1. The van der Waals surface area contributed by atoms with E-state index in [1.807, 2.05) is 18.8 Å². The van der Waals surface area contributed by atoms with Gasteiger partial charge in [0.15, 0.2) is 0 Å². The molecule has 0 heterocycles. The van der Waals surface area contributed by atoms with Crippen LogP contribution in [-0.2, 0) is 10.0 Å². The van der Waals surface area contributed by atoms with Crippen molar-refractivity contribution in [2.45, 2.75) is 50.3 Å². The maximum Gasteiger partial charge on any atom is 0.211 e. The molecule has 0 spiro atoms. The third-order valence-electron chi connectivity index (χ3n) is 3.22. The predicted octanol–water partition coefficient (Wildman–Crippen LogP) is 1.58. The summed E-state index contributed by atoms with van der Waals surface area (Å²) < 4.78 is 26.6. The monoisotopic (exact) mass is 294 g/mol. The molecular formula is C12H26N2O2S2.